The largest absolute Gasteiger partial charge is 0.465 e. The molecule has 0 aliphatic heterocycles. The second-order valence-electron chi connectivity index (χ2n) is 5.79. The standard InChI is InChI=1S/C20H14FN5O2/c21-15-8-10-16(11-9-15)22-20(27)18(13-17-7-4-12-28-17)26-19(23-24-25-26)14-5-2-1-3-6-14/h1-13H,(H,22,27)/b18-13-. The van der Waals surface area contributed by atoms with Crippen molar-refractivity contribution in [1.29, 1.82) is 0 Å². The fourth-order valence-corrected chi connectivity index (χ4v) is 2.58. The highest BCUT2D eigenvalue weighted by atomic mass is 19.1. The van der Waals surface area contributed by atoms with E-state index in [1.807, 2.05) is 30.3 Å². The van der Waals surface area contributed by atoms with E-state index in [1.165, 1.54) is 41.3 Å². The molecule has 138 valence electrons. The van der Waals surface area contributed by atoms with Crippen molar-refractivity contribution in [2.45, 2.75) is 0 Å². The lowest BCUT2D eigenvalue weighted by Crippen LogP contribution is -2.19. The monoisotopic (exact) mass is 375 g/mol. The van der Waals surface area contributed by atoms with Crippen molar-refractivity contribution < 1.29 is 13.6 Å². The van der Waals surface area contributed by atoms with E-state index in [-0.39, 0.29) is 5.70 Å². The molecule has 0 aliphatic rings. The summed E-state index contributed by atoms with van der Waals surface area (Å²) in [6, 6.07) is 18.1. The number of benzene rings is 2. The summed E-state index contributed by atoms with van der Waals surface area (Å²) >= 11 is 0. The maximum absolute atomic E-state index is 13.1. The fraction of sp³-hybridized carbons (Fsp3) is 0. The number of hydrogen-bond acceptors (Lipinski definition) is 5. The highest BCUT2D eigenvalue weighted by molar-refractivity contribution is 6.24. The fourth-order valence-electron chi connectivity index (χ4n) is 2.58. The van der Waals surface area contributed by atoms with E-state index in [1.54, 1.807) is 12.1 Å². The summed E-state index contributed by atoms with van der Waals surface area (Å²) in [5.41, 5.74) is 1.32. The molecule has 0 radical (unpaired) electrons. The zero-order chi connectivity index (χ0) is 19.3. The number of nitrogens with one attached hydrogen (secondary N) is 1. The van der Waals surface area contributed by atoms with Crippen molar-refractivity contribution in [1.82, 2.24) is 20.2 Å². The topological polar surface area (TPSA) is 85.8 Å². The van der Waals surface area contributed by atoms with Crippen molar-refractivity contribution in [3.63, 3.8) is 0 Å². The van der Waals surface area contributed by atoms with Crippen LogP contribution in [0.5, 0.6) is 0 Å². The maximum Gasteiger partial charge on any atom is 0.274 e. The van der Waals surface area contributed by atoms with Gasteiger partial charge in [0.05, 0.1) is 6.26 Å². The van der Waals surface area contributed by atoms with E-state index in [0.717, 1.165) is 5.56 Å². The first-order valence-corrected chi connectivity index (χ1v) is 8.37. The van der Waals surface area contributed by atoms with Gasteiger partial charge in [-0.25, -0.2) is 4.39 Å². The van der Waals surface area contributed by atoms with E-state index in [4.69, 9.17) is 4.42 Å². The molecule has 8 heteroatoms. The molecular formula is C20H14FN5O2. The number of nitrogens with zero attached hydrogens (tertiary/aromatic N) is 4. The Morgan fingerprint density at radius 3 is 2.54 bits per heavy atom. The molecule has 0 spiro atoms. The number of aromatic nitrogens is 4. The average Bonchev–Trinajstić information content (AvgIpc) is 3.40. The lowest BCUT2D eigenvalue weighted by atomic mass is 10.2. The Hall–Kier alpha value is -4.07. The molecule has 2 aromatic heterocycles. The van der Waals surface area contributed by atoms with Crippen LogP contribution in [-0.4, -0.2) is 26.1 Å². The van der Waals surface area contributed by atoms with E-state index in [9.17, 15) is 9.18 Å². The van der Waals surface area contributed by atoms with Crippen molar-refractivity contribution in [2.75, 3.05) is 5.32 Å². The molecule has 1 N–H and O–H groups in total. The Balaban J connectivity index is 1.74. The normalized spacial score (nSPS) is 11.4. The lowest BCUT2D eigenvalue weighted by molar-refractivity contribution is -0.111. The lowest BCUT2D eigenvalue weighted by Gasteiger charge is -2.10. The molecule has 0 atom stereocenters. The highest BCUT2D eigenvalue weighted by Crippen LogP contribution is 2.21. The minimum atomic E-state index is -0.479. The predicted molar refractivity (Wildman–Crippen MR) is 101 cm³/mol. The van der Waals surface area contributed by atoms with Crippen LogP contribution in [0.4, 0.5) is 10.1 Å². The Kier molecular flexibility index (Phi) is 4.75. The van der Waals surface area contributed by atoms with Crippen LogP contribution in [0.2, 0.25) is 0 Å². The number of furan rings is 1. The van der Waals surface area contributed by atoms with Crippen LogP contribution < -0.4 is 5.32 Å². The van der Waals surface area contributed by atoms with Crippen molar-refractivity contribution in [2.24, 2.45) is 0 Å². The molecule has 7 nitrogen and oxygen atoms in total. The molecule has 0 saturated carbocycles. The molecule has 2 aromatic carbocycles. The summed E-state index contributed by atoms with van der Waals surface area (Å²) in [4.78, 5) is 13.0. The summed E-state index contributed by atoms with van der Waals surface area (Å²) < 4.78 is 19.8. The summed E-state index contributed by atoms with van der Waals surface area (Å²) in [5, 5.41) is 14.4. The first-order valence-electron chi connectivity index (χ1n) is 8.37. The predicted octanol–water partition coefficient (Wildman–Crippen LogP) is 3.71. The minimum Gasteiger partial charge on any atom is -0.465 e. The number of hydrogen-bond donors (Lipinski definition) is 1. The van der Waals surface area contributed by atoms with Gasteiger partial charge in [0.25, 0.3) is 5.91 Å². The molecule has 1 amide bonds. The smallest absolute Gasteiger partial charge is 0.274 e. The second-order valence-corrected chi connectivity index (χ2v) is 5.79. The minimum absolute atomic E-state index is 0.142. The van der Waals surface area contributed by atoms with Gasteiger partial charge in [-0.1, -0.05) is 30.3 Å². The summed E-state index contributed by atoms with van der Waals surface area (Å²) in [5.74, 6) is -0.0184. The van der Waals surface area contributed by atoms with E-state index in [2.05, 4.69) is 20.8 Å². The quantitative estimate of drug-likeness (QED) is 0.538. The van der Waals surface area contributed by atoms with Gasteiger partial charge in [0.1, 0.15) is 17.3 Å². The van der Waals surface area contributed by atoms with Gasteiger partial charge in [-0.15, -0.1) is 5.10 Å². The van der Waals surface area contributed by atoms with Crippen LogP contribution in [0.3, 0.4) is 0 Å². The van der Waals surface area contributed by atoms with Gasteiger partial charge < -0.3 is 9.73 Å². The number of anilines is 1. The first-order chi connectivity index (χ1) is 13.7. The Morgan fingerprint density at radius 1 is 1.04 bits per heavy atom. The third-order valence-electron chi connectivity index (χ3n) is 3.89. The number of halogens is 1. The Morgan fingerprint density at radius 2 is 1.82 bits per heavy atom. The second kappa shape index (κ2) is 7.67. The average molecular weight is 375 g/mol. The molecule has 0 bridgehead atoms. The summed E-state index contributed by atoms with van der Waals surface area (Å²) in [6.45, 7) is 0. The number of rotatable bonds is 5. The third-order valence-corrected chi connectivity index (χ3v) is 3.89. The molecule has 0 saturated heterocycles. The summed E-state index contributed by atoms with van der Waals surface area (Å²) in [6.07, 6.45) is 3.03. The zero-order valence-corrected chi connectivity index (χ0v) is 14.5. The molecule has 4 rings (SSSR count). The summed E-state index contributed by atoms with van der Waals surface area (Å²) in [7, 11) is 0. The van der Waals surface area contributed by atoms with Crippen molar-refractivity contribution >= 4 is 23.4 Å². The van der Waals surface area contributed by atoms with Gasteiger partial charge in [-0.3, -0.25) is 4.79 Å². The van der Waals surface area contributed by atoms with Crippen LogP contribution in [0.15, 0.2) is 77.4 Å². The van der Waals surface area contributed by atoms with Crippen molar-refractivity contribution in [3.05, 3.63) is 84.6 Å². The van der Waals surface area contributed by atoms with Gasteiger partial charge in [0.2, 0.25) is 0 Å². The van der Waals surface area contributed by atoms with Crippen LogP contribution in [0, 0.1) is 5.82 Å². The molecule has 0 unspecified atom stereocenters. The van der Waals surface area contributed by atoms with Gasteiger partial charge in [0.15, 0.2) is 5.82 Å². The van der Waals surface area contributed by atoms with E-state index in [0.29, 0.717) is 17.3 Å². The maximum atomic E-state index is 13.1. The van der Waals surface area contributed by atoms with Gasteiger partial charge in [-0.05, 0) is 46.8 Å². The molecule has 0 fully saturated rings. The number of carbonyl (C=O) groups is 1. The highest BCUT2D eigenvalue weighted by Gasteiger charge is 2.20. The van der Waals surface area contributed by atoms with Gasteiger partial charge >= 0.3 is 0 Å². The van der Waals surface area contributed by atoms with Crippen LogP contribution in [0.25, 0.3) is 23.2 Å². The third kappa shape index (κ3) is 3.70. The van der Waals surface area contributed by atoms with Crippen LogP contribution in [0.1, 0.15) is 5.76 Å². The van der Waals surface area contributed by atoms with E-state index >= 15 is 0 Å². The van der Waals surface area contributed by atoms with Gasteiger partial charge in [0, 0.05) is 17.3 Å². The van der Waals surface area contributed by atoms with E-state index < -0.39 is 11.7 Å². The molecule has 4 aromatic rings. The van der Waals surface area contributed by atoms with Gasteiger partial charge in [-0.2, -0.15) is 4.68 Å². The zero-order valence-electron chi connectivity index (χ0n) is 14.5. The molecule has 2 heterocycles. The molecular weight excluding hydrogens is 361 g/mol. The number of tetrazole rings is 1. The first kappa shape index (κ1) is 17.3. The van der Waals surface area contributed by atoms with Crippen molar-refractivity contribution in [3.8, 4) is 11.4 Å². The van der Waals surface area contributed by atoms with Crippen LogP contribution >= 0.6 is 0 Å². The molecule has 0 aliphatic carbocycles. The Bertz CT molecular complexity index is 1100. The Labute approximate surface area is 159 Å². The number of carbonyl (C=O) groups excluding carboxylic acids is 1. The molecule has 28 heavy (non-hydrogen) atoms. The number of amides is 1. The van der Waals surface area contributed by atoms with Crippen LogP contribution in [-0.2, 0) is 4.79 Å². The SMILES string of the molecule is O=C(Nc1ccc(F)cc1)/C(=C/c1ccco1)n1nnnc1-c1ccccc1.